The van der Waals surface area contributed by atoms with E-state index in [1.54, 1.807) is 0 Å². The third-order valence-corrected chi connectivity index (χ3v) is 6.04. The molecule has 0 saturated carbocycles. The lowest BCUT2D eigenvalue weighted by molar-refractivity contribution is -0.138. The summed E-state index contributed by atoms with van der Waals surface area (Å²) in [7, 11) is 2.08. The minimum absolute atomic E-state index is 0.0909. The van der Waals surface area contributed by atoms with Crippen molar-refractivity contribution in [2.45, 2.75) is 31.6 Å². The van der Waals surface area contributed by atoms with Crippen LogP contribution in [0.3, 0.4) is 0 Å². The molecule has 0 amide bonds. The highest BCUT2D eigenvalue weighted by Crippen LogP contribution is 2.41. The van der Waals surface area contributed by atoms with Crippen LogP contribution in [-0.2, 0) is 24.0 Å². The molecule has 5 rings (SSSR count). The Hall–Kier alpha value is -3.17. The number of likely N-dealkylation sites (N-methyl/N-ethyl adjacent to an activating group) is 1. The van der Waals surface area contributed by atoms with E-state index in [0.29, 0.717) is 13.0 Å². The first-order valence-corrected chi connectivity index (χ1v) is 10.9. The number of benzene rings is 2. The van der Waals surface area contributed by atoms with Crippen molar-refractivity contribution in [3.05, 3.63) is 77.0 Å². The summed E-state index contributed by atoms with van der Waals surface area (Å²) < 4.78 is 41.5. The summed E-state index contributed by atoms with van der Waals surface area (Å²) in [6.07, 6.45) is -2.31. The second-order valence-electron chi connectivity index (χ2n) is 8.40. The van der Waals surface area contributed by atoms with Gasteiger partial charge in [-0.15, -0.1) is 0 Å². The third kappa shape index (κ3) is 4.51. The average molecular weight is 455 g/mol. The van der Waals surface area contributed by atoms with Gasteiger partial charge in [-0.25, -0.2) is 10.0 Å². The second kappa shape index (κ2) is 8.64. The van der Waals surface area contributed by atoms with Crippen LogP contribution in [-0.4, -0.2) is 35.1 Å². The number of nitrogens with zero attached hydrogens (tertiary/aromatic N) is 4. The highest BCUT2D eigenvalue weighted by atomic mass is 19.4. The van der Waals surface area contributed by atoms with Gasteiger partial charge in [-0.1, -0.05) is 36.4 Å². The highest BCUT2D eigenvalue weighted by molar-refractivity contribution is 5.59. The Morgan fingerprint density at radius 1 is 1.09 bits per heavy atom. The molecule has 1 fully saturated rings. The van der Waals surface area contributed by atoms with Gasteiger partial charge < -0.3 is 10.2 Å². The molecule has 3 heterocycles. The Morgan fingerprint density at radius 2 is 1.91 bits per heavy atom. The molecule has 0 radical (unpaired) electrons. The lowest BCUT2D eigenvalue weighted by Gasteiger charge is -2.27. The van der Waals surface area contributed by atoms with Gasteiger partial charge in [0, 0.05) is 31.4 Å². The van der Waals surface area contributed by atoms with Crippen LogP contribution in [0.15, 0.2) is 54.7 Å². The molecule has 172 valence electrons. The van der Waals surface area contributed by atoms with Crippen LogP contribution < -0.4 is 10.4 Å². The second-order valence-corrected chi connectivity index (χ2v) is 8.40. The van der Waals surface area contributed by atoms with Gasteiger partial charge in [-0.05, 0) is 42.3 Å². The van der Waals surface area contributed by atoms with Crippen LogP contribution in [0, 0.1) is 0 Å². The molecule has 6 nitrogen and oxygen atoms in total. The fourth-order valence-corrected chi connectivity index (χ4v) is 4.36. The quantitative estimate of drug-likeness (QED) is 0.590. The summed E-state index contributed by atoms with van der Waals surface area (Å²) in [5, 5.41) is 4.35. The van der Waals surface area contributed by atoms with Gasteiger partial charge in [0.05, 0.1) is 12.6 Å². The Morgan fingerprint density at radius 3 is 2.70 bits per heavy atom. The molecule has 2 aliphatic rings. The summed E-state index contributed by atoms with van der Waals surface area (Å²) in [4.78, 5) is 16.1. The number of nitrogens with one attached hydrogen (secondary N) is 1. The number of anilines is 3. The fourth-order valence-electron chi connectivity index (χ4n) is 4.36. The normalized spacial score (nSPS) is 18.9. The summed E-state index contributed by atoms with van der Waals surface area (Å²) in [6, 6.07) is 14.9. The highest BCUT2D eigenvalue weighted by Gasteiger charge is 2.40. The molecule has 2 aromatic carbocycles. The van der Waals surface area contributed by atoms with Gasteiger partial charge in [0.2, 0.25) is 5.95 Å². The van der Waals surface area contributed by atoms with Gasteiger partial charge in [0.25, 0.3) is 0 Å². The van der Waals surface area contributed by atoms with E-state index in [1.807, 2.05) is 48.5 Å². The predicted octanol–water partition coefficient (Wildman–Crippen LogP) is 5.11. The number of hydrogen-bond acceptors (Lipinski definition) is 6. The molecule has 0 spiro atoms. The molecular formula is C24H24F3N5O. The van der Waals surface area contributed by atoms with Crippen molar-refractivity contribution >= 4 is 17.5 Å². The molecule has 0 aliphatic carbocycles. The molecule has 0 unspecified atom stereocenters. The number of hydroxylamine groups is 1. The minimum Gasteiger partial charge on any atom is -0.324 e. The molecule has 2 aliphatic heterocycles. The van der Waals surface area contributed by atoms with Crippen LogP contribution >= 0.6 is 0 Å². The van der Waals surface area contributed by atoms with E-state index in [9.17, 15) is 13.2 Å². The predicted molar refractivity (Wildman–Crippen MR) is 119 cm³/mol. The first kappa shape index (κ1) is 21.7. The molecule has 1 atom stereocenters. The molecule has 1 N–H and O–H groups in total. The first-order chi connectivity index (χ1) is 15.9. The van der Waals surface area contributed by atoms with E-state index >= 15 is 0 Å². The van der Waals surface area contributed by atoms with Crippen LogP contribution in [0.5, 0.6) is 0 Å². The zero-order valence-corrected chi connectivity index (χ0v) is 18.1. The molecular weight excluding hydrogens is 431 g/mol. The molecule has 1 saturated heterocycles. The summed E-state index contributed by atoms with van der Waals surface area (Å²) in [5.41, 5.74) is 3.16. The maximum absolute atomic E-state index is 13.8. The van der Waals surface area contributed by atoms with Crippen LogP contribution in [0.2, 0.25) is 0 Å². The zero-order valence-electron chi connectivity index (χ0n) is 18.1. The van der Waals surface area contributed by atoms with Crippen molar-refractivity contribution in [1.29, 1.82) is 0 Å². The number of alkyl halides is 3. The van der Waals surface area contributed by atoms with Crippen molar-refractivity contribution in [3.8, 4) is 0 Å². The maximum atomic E-state index is 13.8. The first-order valence-electron chi connectivity index (χ1n) is 10.9. The molecule has 0 bridgehead atoms. The van der Waals surface area contributed by atoms with Gasteiger partial charge in [0.1, 0.15) is 5.56 Å². The molecule has 33 heavy (non-hydrogen) atoms. The van der Waals surface area contributed by atoms with Crippen LogP contribution in [0.25, 0.3) is 0 Å². The van der Waals surface area contributed by atoms with Crippen molar-refractivity contribution in [3.63, 3.8) is 0 Å². The number of aromatic nitrogens is 2. The van der Waals surface area contributed by atoms with Crippen molar-refractivity contribution < 1.29 is 18.0 Å². The van der Waals surface area contributed by atoms with Crippen molar-refractivity contribution in [2.75, 3.05) is 30.6 Å². The maximum Gasteiger partial charge on any atom is 0.421 e. The Bertz CT molecular complexity index is 1140. The van der Waals surface area contributed by atoms with E-state index in [1.165, 1.54) is 16.2 Å². The van der Waals surface area contributed by atoms with Crippen molar-refractivity contribution in [2.24, 2.45) is 0 Å². The smallest absolute Gasteiger partial charge is 0.324 e. The van der Waals surface area contributed by atoms with Gasteiger partial charge in [-0.3, -0.25) is 4.84 Å². The van der Waals surface area contributed by atoms with Gasteiger partial charge >= 0.3 is 6.18 Å². The monoisotopic (exact) mass is 455 g/mol. The summed E-state index contributed by atoms with van der Waals surface area (Å²) >= 11 is 0. The number of halogens is 3. The Balaban J connectivity index is 1.48. The SMILES string of the molecule is CN1CCc2cc(Nc3ncc(C(F)(F)F)c(N4OCC[C@H]4c4ccccc4)n3)ccc2C1. The van der Waals surface area contributed by atoms with Crippen molar-refractivity contribution in [1.82, 2.24) is 14.9 Å². The van der Waals surface area contributed by atoms with Gasteiger partial charge in [0.15, 0.2) is 5.82 Å². The van der Waals surface area contributed by atoms with E-state index in [0.717, 1.165) is 37.0 Å². The Labute approximate surface area is 190 Å². The third-order valence-electron chi connectivity index (χ3n) is 6.04. The molecule has 3 aromatic rings. The lowest BCUT2D eigenvalue weighted by atomic mass is 9.99. The topological polar surface area (TPSA) is 53.5 Å². The summed E-state index contributed by atoms with van der Waals surface area (Å²) in [5.74, 6) is -0.195. The minimum atomic E-state index is -4.61. The van der Waals surface area contributed by atoms with Crippen LogP contribution in [0.1, 0.15) is 34.7 Å². The standard InChI is InChI=1S/C24H24F3N5O/c1-31-11-9-17-13-19(8-7-18(17)15-31)29-23-28-14-20(24(25,26)27)22(30-23)32-21(10-12-33-32)16-5-3-2-4-6-16/h2-8,13-14,21H,9-12,15H2,1H3,(H,28,29,30)/t21-/m0/s1. The fraction of sp³-hybridized carbons (Fsp3) is 0.333. The molecule has 9 heteroatoms. The number of fused-ring (bicyclic) bond motifs is 1. The van der Waals surface area contributed by atoms with Gasteiger partial charge in [-0.2, -0.15) is 18.2 Å². The molecule has 1 aromatic heterocycles. The van der Waals surface area contributed by atoms with E-state index in [2.05, 4.69) is 27.2 Å². The van der Waals surface area contributed by atoms with E-state index < -0.39 is 11.7 Å². The largest absolute Gasteiger partial charge is 0.421 e. The van der Waals surface area contributed by atoms with E-state index in [-0.39, 0.29) is 17.8 Å². The van der Waals surface area contributed by atoms with Crippen LogP contribution in [0.4, 0.5) is 30.6 Å². The zero-order chi connectivity index (χ0) is 23.0. The Kier molecular flexibility index (Phi) is 5.67. The number of hydrogen-bond donors (Lipinski definition) is 1. The lowest BCUT2D eigenvalue weighted by Crippen LogP contribution is -2.26. The average Bonchev–Trinajstić information content (AvgIpc) is 3.29. The van der Waals surface area contributed by atoms with E-state index in [4.69, 9.17) is 4.84 Å². The number of rotatable bonds is 4. The summed E-state index contributed by atoms with van der Waals surface area (Å²) in [6.45, 7) is 2.15.